The van der Waals surface area contributed by atoms with Crippen LogP contribution in [0.2, 0.25) is 0 Å². The number of aromatic nitrogens is 1. The van der Waals surface area contributed by atoms with Crippen molar-refractivity contribution in [1.82, 2.24) is 20.9 Å². The Morgan fingerprint density at radius 2 is 1.93 bits per heavy atom. The Kier molecular flexibility index (Phi) is 4.41. The lowest BCUT2D eigenvalue weighted by atomic mass is 9.77. The van der Waals surface area contributed by atoms with Crippen molar-refractivity contribution in [2.24, 2.45) is 5.92 Å². The quantitative estimate of drug-likeness (QED) is 0.795. The number of nitrogens with zero attached hydrogens (tertiary/aromatic N) is 2. The second kappa shape index (κ2) is 6.78. The highest BCUT2D eigenvalue weighted by Gasteiger charge is 2.53. The molecule has 2 N–H and O–H groups in total. The van der Waals surface area contributed by atoms with Crippen molar-refractivity contribution in [2.75, 3.05) is 0 Å². The van der Waals surface area contributed by atoms with Crippen LogP contribution in [0.5, 0.6) is 0 Å². The van der Waals surface area contributed by atoms with E-state index in [-0.39, 0.29) is 5.76 Å². The molecule has 4 rings (SSSR count). The maximum Gasteiger partial charge on any atom is 0.344 e. The molecule has 0 unspecified atom stereocenters. The second-order valence-electron chi connectivity index (χ2n) is 7.72. The summed E-state index contributed by atoms with van der Waals surface area (Å²) in [5.41, 5.74) is 3.85. The molecule has 2 fully saturated rings. The van der Waals surface area contributed by atoms with Gasteiger partial charge >= 0.3 is 11.9 Å². The van der Waals surface area contributed by atoms with Crippen molar-refractivity contribution in [1.29, 1.82) is 0 Å². The summed E-state index contributed by atoms with van der Waals surface area (Å²) in [7, 11) is 0. The first-order valence-corrected chi connectivity index (χ1v) is 9.39. The summed E-state index contributed by atoms with van der Waals surface area (Å²) in [6.07, 6.45) is 2.86. The number of urea groups is 1. The largest absolute Gasteiger partial charge is 0.350 e. The highest BCUT2D eigenvalue weighted by Crippen LogP contribution is 2.35. The van der Waals surface area contributed by atoms with Gasteiger partial charge in [0.15, 0.2) is 0 Å². The van der Waals surface area contributed by atoms with Crippen LogP contribution in [0, 0.1) is 12.8 Å². The second-order valence-corrected chi connectivity index (χ2v) is 7.72. The number of hydrogen-bond acceptors (Lipinski definition) is 5. The Labute approximate surface area is 162 Å². The third-order valence-electron chi connectivity index (χ3n) is 5.58. The lowest BCUT2D eigenvalue weighted by molar-refractivity contribution is -0.134. The van der Waals surface area contributed by atoms with Gasteiger partial charge in [-0.2, -0.15) is 5.01 Å². The number of nitrogens with one attached hydrogen (secondary N) is 2. The van der Waals surface area contributed by atoms with Crippen molar-refractivity contribution in [2.45, 2.75) is 45.1 Å². The third kappa shape index (κ3) is 3.15. The minimum atomic E-state index is -0.911. The summed E-state index contributed by atoms with van der Waals surface area (Å²) in [5.74, 6) is -0.672. The molecule has 1 saturated heterocycles. The minimum Gasteiger partial charge on any atom is -0.350 e. The molecule has 1 aliphatic heterocycles. The van der Waals surface area contributed by atoms with Crippen LogP contribution in [-0.2, 0) is 4.79 Å². The van der Waals surface area contributed by atoms with Crippen molar-refractivity contribution in [3.8, 4) is 11.3 Å². The molecular formula is C20H22N4O4. The SMILES string of the molecule is Cc1ccc(-c2cc(C(=O)NN3C(=O)NC4(CCC(C)CC4)C3=O)on2)cc1. The molecule has 0 radical (unpaired) electrons. The van der Waals surface area contributed by atoms with Gasteiger partial charge in [-0.15, -0.1) is 0 Å². The van der Waals surface area contributed by atoms with Gasteiger partial charge in [-0.05, 0) is 38.5 Å². The Hall–Kier alpha value is -3.16. The first kappa shape index (κ1) is 18.2. The molecule has 28 heavy (non-hydrogen) atoms. The van der Waals surface area contributed by atoms with Gasteiger partial charge in [0.1, 0.15) is 11.2 Å². The van der Waals surface area contributed by atoms with Gasteiger partial charge in [-0.1, -0.05) is 41.9 Å². The Bertz CT molecular complexity index is 926. The van der Waals surface area contributed by atoms with Crippen molar-refractivity contribution < 1.29 is 18.9 Å². The molecule has 8 heteroatoms. The maximum atomic E-state index is 12.8. The van der Waals surface area contributed by atoms with E-state index in [0.29, 0.717) is 24.5 Å². The molecule has 0 bridgehead atoms. The van der Waals surface area contributed by atoms with E-state index in [1.165, 1.54) is 6.07 Å². The third-order valence-corrected chi connectivity index (χ3v) is 5.58. The number of benzene rings is 1. The van der Waals surface area contributed by atoms with E-state index in [0.717, 1.165) is 29.0 Å². The smallest absolute Gasteiger partial charge is 0.344 e. The summed E-state index contributed by atoms with van der Waals surface area (Å²) in [5, 5.41) is 7.42. The summed E-state index contributed by atoms with van der Waals surface area (Å²) in [4.78, 5) is 37.6. The average Bonchev–Trinajstić information content (AvgIpc) is 3.25. The van der Waals surface area contributed by atoms with E-state index >= 15 is 0 Å². The Morgan fingerprint density at radius 3 is 2.61 bits per heavy atom. The molecule has 1 aliphatic carbocycles. The number of rotatable bonds is 3. The van der Waals surface area contributed by atoms with Gasteiger partial charge in [0.25, 0.3) is 5.91 Å². The number of aryl methyl sites for hydroxylation is 1. The van der Waals surface area contributed by atoms with Gasteiger partial charge in [0.05, 0.1) is 0 Å². The predicted octanol–water partition coefficient (Wildman–Crippen LogP) is 2.80. The van der Waals surface area contributed by atoms with Gasteiger partial charge in [0, 0.05) is 11.6 Å². The van der Waals surface area contributed by atoms with Crippen LogP contribution in [0.25, 0.3) is 11.3 Å². The van der Waals surface area contributed by atoms with Gasteiger partial charge in [-0.25, -0.2) is 10.2 Å². The fourth-order valence-corrected chi connectivity index (χ4v) is 3.71. The molecule has 8 nitrogen and oxygen atoms in total. The molecule has 146 valence electrons. The van der Waals surface area contributed by atoms with E-state index in [9.17, 15) is 14.4 Å². The molecule has 0 atom stereocenters. The van der Waals surface area contributed by atoms with Gasteiger partial charge in [0.2, 0.25) is 5.76 Å². The normalized spacial score (nSPS) is 24.5. The monoisotopic (exact) mass is 382 g/mol. The summed E-state index contributed by atoms with van der Waals surface area (Å²) < 4.78 is 5.11. The number of carbonyl (C=O) groups excluding carboxylic acids is 3. The van der Waals surface area contributed by atoms with Crippen molar-refractivity contribution in [3.63, 3.8) is 0 Å². The van der Waals surface area contributed by atoms with Gasteiger partial charge < -0.3 is 9.84 Å². The molecule has 1 aromatic heterocycles. The fraction of sp³-hybridized carbons (Fsp3) is 0.400. The number of carbonyl (C=O) groups is 3. The lowest BCUT2D eigenvalue weighted by Gasteiger charge is -2.33. The fourth-order valence-electron chi connectivity index (χ4n) is 3.71. The van der Waals surface area contributed by atoms with Crippen LogP contribution in [0.3, 0.4) is 0 Å². The lowest BCUT2D eigenvalue weighted by Crippen LogP contribution is -2.51. The first-order chi connectivity index (χ1) is 13.4. The van der Waals surface area contributed by atoms with E-state index in [1.54, 1.807) is 0 Å². The molecular weight excluding hydrogens is 360 g/mol. The first-order valence-electron chi connectivity index (χ1n) is 9.39. The van der Waals surface area contributed by atoms with E-state index in [4.69, 9.17) is 4.52 Å². The van der Waals surface area contributed by atoms with E-state index < -0.39 is 23.4 Å². The molecule has 1 spiro atoms. The molecule has 1 saturated carbocycles. The number of hydrazine groups is 1. The highest BCUT2D eigenvalue weighted by molar-refractivity contribution is 6.09. The zero-order chi connectivity index (χ0) is 19.9. The van der Waals surface area contributed by atoms with Crippen molar-refractivity contribution in [3.05, 3.63) is 41.7 Å². The van der Waals surface area contributed by atoms with Gasteiger partial charge in [-0.3, -0.25) is 9.59 Å². The molecule has 2 aliphatic rings. The minimum absolute atomic E-state index is 0.0746. The maximum absolute atomic E-state index is 12.8. The summed E-state index contributed by atoms with van der Waals surface area (Å²) in [6, 6.07) is 8.48. The van der Waals surface area contributed by atoms with Crippen LogP contribution in [0.1, 0.15) is 48.7 Å². The number of hydrogen-bond donors (Lipinski definition) is 2. The van der Waals surface area contributed by atoms with Crippen LogP contribution in [0.15, 0.2) is 34.9 Å². The zero-order valence-electron chi connectivity index (χ0n) is 15.8. The van der Waals surface area contributed by atoms with Crippen LogP contribution >= 0.6 is 0 Å². The van der Waals surface area contributed by atoms with Crippen LogP contribution < -0.4 is 10.7 Å². The molecule has 4 amide bonds. The Balaban J connectivity index is 1.47. The zero-order valence-corrected chi connectivity index (χ0v) is 15.8. The molecule has 2 aromatic rings. The topological polar surface area (TPSA) is 105 Å². The van der Waals surface area contributed by atoms with Crippen LogP contribution in [0.4, 0.5) is 4.79 Å². The van der Waals surface area contributed by atoms with Crippen LogP contribution in [-0.4, -0.2) is 33.5 Å². The number of imide groups is 1. The highest BCUT2D eigenvalue weighted by atomic mass is 16.5. The standard InChI is InChI=1S/C20H22N4O4/c1-12-3-5-14(6-4-12)15-11-16(28-23-15)17(25)22-24-18(26)20(21-19(24)27)9-7-13(2)8-10-20/h3-6,11,13H,7-10H2,1-2H3,(H,21,27)(H,22,25). The average molecular weight is 382 g/mol. The summed E-state index contributed by atoms with van der Waals surface area (Å²) in [6.45, 7) is 4.10. The summed E-state index contributed by atoms with van der Waals surface area (Å²) >= 11 is 0. The number of amides is 4. The molecule has 2 heterocycles. The predicted molar refractivity (Wildman–Crippen MR) is 99.9 cm³/mol. The van der Waals surface area contributed by atoms with E-state index in [2.05, 4.69) is 22.8 Å². The van der Waals surface area contributed by atoms with E-state index in [1.807, 2.05) is 31.2 Å². The molecule has 1 aromatic carbocycles. The Morgan fingerprint density at radius 1 is 1.25 bits per heavy atom. The van der Waals surface area contributed by atoms with Crippen molar-refractivity contribution >= 4 is 17.8 Å².